The van der Waals surface area contributed by atoms with Crippen LogP contribution in [0.5, 0.6) is 0 Å². The Morgan fingerprint density at radius 2 is 1.81 bits per heavy atom. The van der Waals surface area contributed by atoms with E-state index >= 15 is 0 Å². The summed E-state index contributed by atoms with van der Waals surface area (Å²) in [5, 5.41) is 15.0. The number of nitro groups is 1. The number of nitrogens with zero attached hydrogens (tertiary/aromatic N) is 2. The van der Waals surface area contributed by atoms with Gasteiger partial charge in [-0.3, -0.25) is 10.1 Å². The Kier molecular flexibility index (Phi) is 7.83. The summed E-state index contributed by atoms with van der Waals surface area (Å²) in [7, 11) is -0.177. The third-order valence-electron chi connectivity index (χ3n) is 5.78. The van der Waals surface area contributed by atoms with Crippen molar-refractivity contribution < 1.29 is 18.1 Å². The summed E-state index contributed by atoms with van der Waals surface area (Å²) in [6, 6.07) is 14.0. The highest BCUT2D eigenvalue weighted by molar-refractivity contribution is 7.89. The van der Waals surface area contributed by atoms with E-state index in [1.165, 1.54) is 12.1 Å². The Morgan fingerprint density at radius 3 is 2.44 bits per heavy atom. The number of likely N-dealkylation sites (N-methyl/N-ethyl adjacent to an activating group) is 1. The van der Waals surface area contributed by atoms with Gasteiger partial charge in [-0.15, -0.1) is 0 Å². The molecular weight excluding hydrogens is 432 g/mol. The van der Waals surface area contributed by atoms with E-state index < -0.39 is 14.9 Å². The van der Waals surface area contributed by atoms with Crippen LogP contribution in [0.2, 0.25) is 0 Å². The molecule has 32 heavy (non-hydrogen) atoms. The summed E-state index contributed by atoms with van der Waals surface area (Å²) in [4.78, 5) is 12.9. The van der Waals surface area contributed by atoms with Crippen molar-refractivity contribution in [3.8, 4) is 0 Å². The van der Waals surface area contributed by atoms with Crippen LogP contribution in [0.15, 0.2) is 53.4 Å². The van der Waals surface area contributed by atoms with Crippen molar-refractivity contribution in [2.45, 2.75) is 23.2 Å². The van der Waals surface area contributed by atoms with Gasteiger partial charge in [0.1, 0.15) is 5.69 Å². The topological polar surface area (TPSA) is 114 Å². The van der Waals surface area contributed by atoms with Crippen molar-refractivity contribution in [2.75, 3.05) is 52.3 Å². The van der Waals surface area contributed by atoms with E-state index in [2.05, 4.69) is 22.2 Å². The Bertz CT molecular complexity index is 1020. The monoisotopic (exact) mass is 462 g/mol. The molecule has 0 spiro atoms. The summed E-state index contributed by atoms with van der Waals surface area (Å²) in [5.74, 6) is 0. The molecule has 0 atom stereocenters. The highest BCUT2D eigenvalue weighted by Gasteiger charge is 2.35. The zero-order chi connectivity index (χ0) is 23.2. The lowest BCUT2D eigenvalue weighted by Crippen LogP contribution is -2.40. The Balaban J connectivity index is 1.82. The fraction of sp³-hybridized carbons (Fsp3) is 0.455. The lowest BCUT2D eigenvalue weighted by atomic mass is 9.74. The minimum absolute atomic E-state index is 0.127. The van der Waals surface area contributed by atoms with E-state index in [1.807, 2.05) is 37.2 Å². The van der Waals surface area contributed by atoms with Gasteiger partial charge in [0, 0.05) is 44.3 Å². The lowest BCUT2D eigenvalue weighted by Gasteiger charge is -2.38. The minimum atomic E-state index is -3.84. The van der Waals surface area contributed by atoms with Crippen molar-refractivity contribution in [2.24, 2.45) is 0 Å². The molecule has 0 saturated carbocycles. The van der Waals surface area contributed by atoms with Gasteiger partial charge in [-0.25, -0.2) is 13.1 Å². The number of ether oxygens (including phenoxy) is 1. The average molecular weight is 463 g/mol. The molecule has 0 amide bonds. The number of benzene rings is 2. The third kappa shape index (κ3) is 5.83. The predicted octanol–water partition coefficient (Wildman–Crippen LogP) is 2.60. The van der Waals surface area contributed by atoms with Gasteiger partial charge in [0.05, 0.1) is 9.82 Å². The number of nitro benzene ring substituents is 1. The summed E-state index contributed by atoms with van der Waals surface area (Å²) >= 11 is 0. The zero-order valence-corrected chi connectivity index (χ0v) is 19.2. The van der Waals surface area contributed by atoms with E-state index in [9.17, 15) is 18.5 Å². The lowest BCUT2D eigenvalue weighted by molar-refractivity contribution is -0.384. The molecule has 2 N–H and O–H groups in total. The van der Waals surface area contributed by atoms with Crippen molar-refractivity contribution in [3.05, 3.63) is 64.2 Å². The van der Waals surface area contributed by atoms with Gasteiger partial charge in [-0.05, 0) is 44.6 Å². The molecule has 1 aliphatic rings. The molecule has 0 aromatic heterocycles. The molecule has 3 rings (SSSR count). The van der Waals surface area contributed by atoms with Crippen LogP contribution < -0.4 is 10.0 Å². The summed E-state index contributed by atoms with van der Waals surface area (Å²) in [6.45, 7) is 2.45. The fourth-order valence-electron chi connectivity index (χ4n) is 3.85. The first-order valence-corrected chi connectivity index (χ1v) is 12.0. The smallest absolute Gasteiger partial charge is 0.293 e. The van der Waals surface area contributed by atoms with Gasteiger partial charge in [0.15, 0.2) is 0 Å². The number of rotatable bonds is 10. The van der Waals surface area contributed by atoms with Crippen LogP contribution >= 0.6 is 0 Å². The zero-order valence-electron chi connectivity index (χ0n) is 18.4. The van der Waals surface area contributed by atoms with Crippen molar-refractivity contribution in [1.82, 2.24) is 9.62 Å². The molecule has 10 heteroatoms. The van der Waals surface area contributed by atoms with Gasteiger partial charge in [0.25, 0.3) is 5.69 Å². The predicted molar refractivity (Wildman–Crippen MR) is 124 cm³/mol. The molecule has 1 aliphatic heterocycles. The second kappa shape index (κ2) is 10.4. The number of hydrogen-bond donors (Lipinski definition) is 2. The summed E-state index contributed by atoms with van der Waals surface area (Å²) < 4.78 is 33.1. The minimum Gasteiger partial charge on any atom is -0.381 e. The van der Waals surface area contributed by atoms with Crippen LogP contribution in [0, 0.1) is 10.1 Å². The van der Waals surface area contributed by atoms with Crippen molar-refractivity contribution >= 4 is 21.4 Å². The van der Waals surface area contributed by atoms with E-state index in [0.29, 0.717) is 32.0 Å². The number of nitrogens with one attached hydrogen (secondary N) is 2. The first kappa shape index (κ1) is 24.1. The molecule has 9 nitrogen and oxygen atoms in total. The van der Waals surface area contributed by atoms with Crippen LogP contribution in [0.4, 0.5) is 11.4 Å². The van der Waals surface area contributed by atoms with E-state index in [-0.39, 0.29) is 22.5 Å². The average Bonchev–Trinajstić information content (AvgIpc) is 2.78. The van der Waals surface area contributed by atoms with Crippen molar-refractivity contribution in [1.29, 1.82) is 0 Å². The molecular formula is C22H30N4O5S. The SMILES string of the molecule is CN(C)CCNS(=O)(=O)c1ccc(NCC2(c3ccccc3)CCOCC2)c([N+](=O)[O-])c1. The fourth-order valence-corrected chi connectivity index (χ4v) is 4.89. The molecule has 1 heterocycles. The molecule has 174 valence electrons. The standard InChI is InChI=1S/C22H30N4O5S/c1-25(2)13-12-24-32(29,30)19-8-9-20(21(16-19)26(27)28)23-17-22(10-14-31-15-11-22)18-6-4-3-5-7-18/h3-9,16,23-24H,10-15,17H2,1-2H3. The first-order valence-electron chi connectivity index (χ1n) is 10.5. The van der Waals surface area contributed by atoms with Gasteiger partial charge in [0.2, 0.25) is 10.0 Å². The molecule has 1 saturated heterocycles. The summed E-state index contributed by atoms with van der Waals surface area (Å²) in [6.07, 6.45) is 1.58. The number of sulfonamides is 1. The van der Waals surface area contributed by atoms with Crippen LogP contribution in [-0.4, -0.2) is 65.2 Å². The normalized spacial score (nSPS) is 16.1. The Labute approximate surface area is 189 Å². The highest BCUT2D eigenvalue weighted by Crippen LogP contribution is 2.36. The third-order valence-corrected chi connectivity index (χ3v) is 7.24. The largest absolute Gasteiger partial charge is 0.381 e. The van der Waals surface area contributed by atoms with Crippen LogP contribution in [0.3, 0.4) is 0 Å². The van der Waals surface area contributed by atoms with Gasteiger partial charge < -0.3 is 15.0 Å². The molecule has 1 fully saturated rings. The van der Waals surface area contributed by atoms with E-state index in [1.54, 1.807) is 0 Å². The molecule has 0 radical (unpaired) electrons. The van der Waals surface area contributed by atoms with Crippen molar-refractivity contribution in [3.63, 3.8) is 0 Å². The van der Waals surface area contributed by atoms with E-state index in [4.69, 9.17) is 4.74 Å². The maximum Gasteiger partial charge on any atom is 0.293 e. The quantitative estimate of drug-likeness (QED) is 0.412. The van der Waals surface area contributed by atoms with Gasteiger partial charge >= 0.3 is 0 Å². The molecule has 2 aromatic rings. The summed E-state index contributed by atoms with van der Waals surface area (Å²) in [5.41, 5.74) is 0.966. The molecule has 0 unspecified atom stereocenters. The number of hydrogen-bond acceptors (Lipinski definition) is 7. The van der Waals surface area contributed by atoms with Crippen LogP contribution in [0.1, 0.15) is 18.4 Å². The Hall–Kier alpha value is -2.53. The van der Waals surface area contributed by atoms with Crippen LogP contribution in [-0.2, 0) is 20.2 Å². The highest BCUT2D eigenvalue weighted by atomic mass is 32.2. The Morgan fingerprint density at radius 1 is 1.12 bits per heavy atom. The second-order valence-corrected chi connectivity index (χ2v) is 10.0. The molecule has 0 aliphatic carbocycles. The molecule has 2 aromatic carbocycles. The van der Waals surface area contributed by atoms with Gasteiger partial charge in [-0.2, -0.15) is 0 Å². The molecule has 0 bridgehead atoms. The van der Waals surface area contributed by atoms with E-state index in [0.717, 1.165) is 24.5 Å². The first-order chi connectivity index (χ1) is 15.2. The maximum absolute atomic E-state index is 12.6. The number of anilines is 1. The van der Waals surface area contributed by atoms with Crippen LogP contribution in [0.25, 0.3) is 0 Å². The maximum atomic E-state index is 12.6. The van der Waals surface area contributed by atoms with Gasteiger partial charge in [-0.1, -0.05) is 30.3 Å². The second-order valence-electron chi connectivity index (χ2n) is 8.25.